The summed E-state index contributed by atoms with van der Waals surface area (Å²) in [7, 11) is 0. The number of hydrogen-bond donors (Lipinski definition) is 3. The Morgan fingerprint density at radius 1 is 1.41 bits per heavy atom. The Morgan fingerprint density at radius 3 is 2.35 bits per heavy atom. The molecule has 4 N–H and O–H groups in total. The minimum Gasteiger partial charge on any atom is -0.481 e. The van der Waals surface area contributed by atoms with Crippen molar-refractivity contribution in [3.05, 3.63) is 0 Å². The lowest BCUT2D eigenvalue weighted by Crippen LogP contribution is -2.54. The SMILES string of the molecule is CC(C)(N)C(=O)NCC1(C(=O)O)CCOCC1. The van der Waals surface area contributed by atoms with E-state index in [1.54, 1.807) is 13.8 Å². The predicted molar refractivity (Wildman–Crippen MR) is 61.4 cm³/mol. The lowest BCUT2D eigenvalue weighted by molar-refractivity contribution is -0.154. The highest BCUT2D eigenvalue weighted by atomic mass is 16.5. The molecule has 1 saturated heterocycles. The number of hydrogen-bond acceptors (Lipinski definition) is 4. The van der Waals surface area contributed by atoms with E-state index in [2.05, 4.69) is 5.32 Å². The fourth-order valence-corrected chi connectivity index (χ4v) is 1.71. The molecule has 0 atom stereocenters. The normalized spacial score (nSPS) is 19.7. The van der Waals surface area contributed by atoms with Crippen LogP contribution in [-0.2, 0) is 14.3 Å². The quantitative estimate of drug-likeness (QED) is 0.631. The van der Waals surface area contributed by atoms with Crippen LogP contribution in [0.3, 0.4) is 0 Å². The second-order valence-corrected chi connectivity index (χ2v) is 5.10. The molecule has 98 valence electrons. The molecule has 1 amide bonds. The van der Waals surface area contributed by atoms with Gasteiger partial charge in [0.1, 0.15) is 0 Å². The van der Waals surface area contributed by atoms with E-state index >= 15 is 0 Å². The van der Waals surface area contributed by atoms with Gasteiger partial charge < -0.3 is 20.9 Å². The summed E-state index contributed by atoms with van der Waals surface area (Å²) in [5, 5.41) is 11.9. The number of nitrogens with one attached hydrogen (secondary N) is 1. The van der Waals surface area contributed by atoms with Crippen LogP contribution in [0, 0.1) is 5.41 Å². The zero-order valence-electron chi connectivity index (χ0n) is 10.3. The molecule has 0 aliphatic carbocycles. The van der Waals surface area contributed by atoms with Crippen LogP contribution < -0.4 is 11.1 Å². The number of aliphatic carboxylic acids is 1. The van der Waals surface area contributed by atoms with Crippen LogP contribution in [0.15, 0.2) is 0 Å². The van der Waals surface area contributed by atoms with Gasteiger partial charge in [-0.05, 0) is 26.7 Å². The molecule has 17 heavy (non-hydrogen) atoms. The highest BCUT2D eigenvalue weighted by Crippen LogP contribution is 2.30. The van der Waals surface area contributed by atoms with Gasteiger partial charge in [-0.2, -0.15) is 0 Å². The Balaban J connectivity index is 2.63. The molecule has 0 spiro atoms. The van der Waals surface area contributed by atoms with Crippen LogP contribution >= 0.6 is 0 Å². The highest BCUT2D eigenvalue weighted by Gasteiger charge is 2.41. The van der Waals surface area contributed by atoms with Gasteiger partial charge in [-0.3, -0.25) is 9.59 Å². The Morgan fingerprint density at radius 2 is 1.94 bits per heavy atom. The minimum absolute atomic E-state index is 0.102. The number of carboxylic acids is 1. The standard InChI is InChI=1S/C11H20N2O4/c1-10(2,12)8(14)13-7-11(9(15)16)3-5-17-6-4-11/h3-7,12H2,1-2H3,(H,13,14)(H,15,16). The van der Waals surface area contributed by atoms with Gasteiger partial charge in [-0.15, -0.1) is 0 Å². The van der Waals surface area contributed by atoms with Gasteiger partial charge in [0, 0.05) is 19.8 Å². The fourth-order valence-electron chi connectivity index (χ4n) is 1.71. The van der Waals surface area contributed by atoms with Gasteiger partial charge >= 0.3 is 5.97 Å². The second kappa shape index (κ2) is 5.01. The number of carboxylic acid groups (broad SMARTS) is 1. The molecule has 1 fully saturated rings. The topological polar surface area (TPSA) is 102 Å². The van der Waals surface area contributed by atoms with E-state index in [0.717, 1.165) is 0 Å². The average Bonchev–Trinajstić information content (AvgIpc) is 2.25. The molecule has 1 heterocycles. The Labute approximate surface area is 101 Å². The first-order valence-corrected chi connectivity index (χ1v) is 5.66. The van der Waals surface area contributed by atoms with Crippen molar-refractivity contribution < 1.29 is 19.4 Å². The van der Waals surface area contributed by atoms with Gasteiger partial charge in [-0.1, -0.05) is 0 Å². The smallest absolute Gasteiger partial charge is 0.311 e. The molecule has 0 bridgehead atoms. The molecule has 1 aliphatic rings. The van der Waals surface area contributed by atoms with Crippen LogP contribution in [0.4, 0.5) is 0 Å². The summed E-state index contributed by atoms with van der Waals surface area (Å²) < 4.78 is 5.15. The van der Waals surface area contributed by atoms with Crippen molar-refractivity contribution in [2.45, 2.75) is 32.2 Å². The summed E-state index contributed by atoms with van der Waals surface area (Å²) in [4.78, 5) is 22.9. The van der Waals surface area contributed by atoms with Crippen LogP contribution in [0.1, 0.15) is 26.7 Å². The average molecular weight is 244 g/mol. The third-order valence-electron chi connectivity index (χ3n) is 3.08. The van der Waals surface area contributed by atoms with Crippen molar-refractivity contribution in [3.63, 3.8) is 0 Å². The van der Waals surface area contributed by atoms with E-state index in [1.165, 1.54) is 0 Å². The number of nitrogens with two attached hydrogens (primary N) is 1. The van der Waals surface area contributed by atoms with E-state index in [9.17, 15) is 14.7 Å². The van der Waals surface area contributed by atoms with Gasteiger partial charge in [0.2, 0.25) is 5.91 Å². The van der Waals surface area contributed by atoms with Crippen molar-refractivity contribution in [1.29, 1.82) is 0 Å². The van der Waals surface area contributed by atoms with Crippen LogP contribution in [0.5, 0.6) is 0 Å². The highest BCUT2D eigenvalue weighted by molar-refractivity contribution is 5.86. The minimum atomic E-state index is -0.995. The zero-order chi connectivity index (χ0) is 13.1. The lowest BCUT2D eigenvalue weighted by atomic mass is 9.80. The van der Waals surface area contributed by atoms with Crippen LogP contribution in [0.2, 0.25) is 0 Å². The van der Waals surface area contributed by atoms with E-state index in [-0.39, 0.29) is 12.5 Å². The van der Waals surface area contributed by atoms with Gasteiger partial charge in [-0.25, -0.2) is 0 Å². The van der Waals surface area contributed by atoms with E-state index in [4.69, 9.17) is 10.5 Å². The lowest BCUT2D eigenvalue weighted by Gasteiger charge is -2.34. The van der Waals surface area contributed by atoms with Crippen molar-refractivity contribution in [3.8, 4) is 0 Å². The largest absolute Gasteiger partial charge is 0.481 e. The Kier molecular flexibility index (Phi) is 4.11. The van der Waals surface area contributed by atoms with Gasteiger partial charge in [0.05, 0.1) is 11.0 Å². The second-order valence-electron chi connectivity index (χ2n) is 5.10. The Bertz CT molecular complexity index is 303. The van der Waals surface area contributed by atoms with Crippen molar-refractivity contribution in [2.24, 2.45) is 11.1 Å². The van der Waals surface area contributed by atoms with Crippen molar-refractivity contribution in [2.75, 3.05) is 19.8 Å². The molecular formula is C11H20N2O4. The molecule has 6 heteroatoms. The molecule has 1 rings (SSSR count). The summed E-state index contributed by atoms with van der Waals surface area (Å²) in [6, 6.07) is 0. The predicted octanol–water partition coefficient (Wildman–Crippen LogP) is -0.279. The molecule has 0 unspecified atom stereocenters. The molecule has 0 radical (unpaired) electrons. The fraction of sp³-hybridized carbons (Fsp3) is 0.818. The number of carbonyl (C=O) groups excluding carboxylic acids is 1. The molecule has 0 aromatic rings. The van der Waals surface area contributed by atoms with E-state index < -0.39 is 16.9 Å². The summed E-state index contributed by atoms with van der Waals surface area (Å²) in [5.74, 6) is -1.24. The maximum absolute atomic E-state index is 11.6. The first-order valence-electron chi connectivity index (χ1n) is 5.66. The number of rotatable bonds is 4. The van der Waals surface area contributed by atoms with Crippen molar-refractivity contribution >= 4 is 11.9 Å². The summed E-state index contributed by atoms with van der Waals surface area (Å²) in [5.41, 5.74) is 3.72. The number of ether oxygens (including phenoxy) is 1. The summed E-state index contributed by atoms with van der Waals surface area (Å²) in [6.07, 6.45) is 0.821. The number of carbonyl (C=O) groups is 2. The molecule has 0 aromatic carbocycles. The summed E-state index contributed by atoms with van der Waals surface area (Å²) >= 11 is 0. The molecule has 0 saturated carbocycles. The monoisotopic (exact) mass is 244 g/mol. The molecular weight excluding hydrogens is 224 g/mol. The first kappa shape index (κ1) is 13.9. The first-order chi connectivity index (χ1) is 7.78. The number of amides is 1. The Hall–Kier alpha value is -1.14. The zero-order valence-corrected chi connectivity index (χ0v) is 10.3. The van der Waals surface area contributed by atoms with Gasteiger partial charge in [0.15, 0.2) is 0 Å². The van der Waals surface area contributed by atoms with Crippen molar-refractivity contribution in [1.82, 2.24) is 5.32 Å². The van der Waals surface area contributed by atoms with Gasteiger partial charge in [0.25, 0.3) is 0 Å². The van der Waals surface area contributed by atoms with E-state index in [1.807, 2.05) is 0 Å². The van der Waals surface area contributed by atoms with E-state index in [0.29, 0.717) is 26.1 Å². The van der Waals surface area contributed by atoms with Crippen LogP contribution in [0.25, 0.3) is 0 Å². The molecule has 6 nitrogen and oxygen atoms in total. The summed E-state index contributed by atoms with van der Waals surface area (Å²) in [6.45, 7) is 4.09. The molecule has 1 aliphatic heterocycles. The third kappa shape index (κ3) is 3.41. The molecule has 0 aromatic heterocycles. The van der Waals surface area contributed by atoms with Crippen LogP contribution in [-0.4, -0.2) is 42.3 Å². The third-order valence-corrected chi connectivity index (χ3v) is 3.08. The maximum atomic E-state index is 11.6. The maximum Gasteiger partial charge on any atom is 0.311 e.